The van der Waals surface area contributed by atoms with Gasteiger partial charge in [0.05, 0.1) is 6.20 Å². The second kappa shape index (κ2) is 2.95. The summed E-state index contributed by atoms with van der Waals surface area (Å²) in [6.45, 7) is 0. The molecule has 0 saturated heterocycles. The van der Waals surface area contributed by atoms with E-state index in [1.807, 2.05) is 0 Å². The van der Waals surface area contributed by atoms with Gasteiger partial charge in [-0.2, -0.15) is 0 Å². The van der Waals surface area contributed by atoms with Crippen LogP contribution in [0, 0.1) is 11.6 Å². The smallest absolute Gasteiger partial charge is 0.238 e. The molecular weight excluding hydrogens is 212 g/mol. The average Bonchev–Trinajstić information content (AvgIpc) is 1.83. The predicted octanol–water partition coefficient (Wildman–Crippen LogP) is 1.29. The highest BCUT2D eigenvalue weighted by Crippen LogP contribution is 2.15. The van der Waals surface area contributed by atoms with E-state index in [0.29, 0.717) is 12.3 Å². The first-order chi connectivity index (χ1) is 5.41. The van der Waals surface area contributed by atoms with Gasteiger partial charge in [0, 0.05) is 16.7 Å². The second-order valence-electron chi connectivity index (χ2n) is 1.88. The lowest BCUT2D eigenvalue weighted by molar-refractivity contribution is 0.535. The van der Waals surface area contributed by atoms with E-state index < -0.39 is 25.7 Å². The summed E-state index contributed by atoms with van der Waals surface area (Å²) in [6, 6.07) is 0.391. The van der Waals surface area contributed by atoms with Gasteiger partial charge in [-0.15, -0.1) is 0 Å². The Morgan fingerprint density at radius 3 is 2.42 bits per heavy atom. The van der Waals surface area contributed by atoms with Crippen LogP contribution >= 0.6 is 10.7 Å². The average molecular weight is 214 g/mol. The first-order valence-corrected chi connectivity index (χ1v) is 4.98. The van der Waals surface area contributed by atoms with E-state index in [1.165, 1.54) is 0 Å². The number of pyridine rings is 1. The Hall–Kier alpha value is -0.750. The van der Waals surface area contributed by atoms with Crippen LogP contribution in [-0.2, 0) is 9.05 Å². The quantitative estimate of drug-likeness (QED) is 0.661. The topological polar surface area (TPSA) is 47.0 Å². The molecule has 66 valence electrons. The third-order valence-corrected chi connectivity index (χ3v) is 2.21. The highest BCUT2D eigenvalue weighted by molar-refractivity contribution is 8.13. The molecule has 1 aromatic rings. The van der Waals surface area contributed by atoms with Gasteiger partial charge in [0.1, 0.15) is 5.82 Å². The fourth-order valence-corrected chi connectivity index (χ4v) is 1.39. The zero-order valence-electron chi connectivity index (χ0n) is 5.46. The van der Waals surface area contributed by atoms with Crippen LogP contribution in [0.1, 0.15) is 0 Å². The third-order valence-electron chi connectivity index (χ3n) is 1.01. The number of aromatic nitrogens is 1. The molecule has 1 rings (SSSR count). The van der Waals surface area contributed by atoms with Crippen LogP contribution in [-0.4, -0.2) is 13.4 Å². The van der Waals surface area contributed by atoms with E-state index in [2.05, 4.69) is 4.98 Å². The van der Waals surface area contributed by atoms with E-state index in [4.69, 9.17) is 10.7 Å². The molecule has 0 N–H and O–H groups in total. The van der Waals surface area contributed by atoms with Crippen molar-refractivity contribution in [2.24, 2.45) is 0 Å². The number of nitrogens with zero attached hydrogens (tertiary/aromatic N) is 1. The van der Waals surface area contributed by atoms with Crippen molar-refractivity contribution in [3.05, 3.63) is 23.9 Å². The summed E-state index contributed by atoms with van der Waals surface area (Å²) >= 11 is 0. The maximum absolute atomic E-state index is 12.6. The van der Waals surface area contributed by atoms with Gasteiger partial charge in [0.15, 0.2) is 5.82 Å². The predicted molar refractivity (Wildman–Crippen MR) is 37.2 cm³/mol. The minimum Gasteiger partial charge on any atom is -0.238 e. The molecule has 0 spiro atoms. The highest BCUT2D eigenvalue weighted by Gasteiger charge is 2.18. The van der Waals surface area contributed by atoms with E-state index >= 15 is 0 Å². The molecule has 0 unspecified atom stereocenters. The summed E-state index contributed by atoms with van der Waals surface area (Å²) in [6.07, 6.45) is 0.568. The van der Waals surface area contributed by atoms with Crippen molar-refractivity contribution in [1.82, 2.24) is 4.98 Å². The Morgan fingerprint density at radius 1 is 1.42 bits per heavy atom. The molecule has 7 heteroatoms. The Labute approximate surface area is 71.4 Å². The fraction of sp³-hybridized carbons (Fsp3) is 0. The van der Waals surface area contributed by atoms with Crippen molar-refractivity contribution in [3.8, 4) is 0 Å². The molecule has 0 fully saturated rings. The molecule has 12 heavy (non-hydrogen) atoms. The summed E-state index contributed by atoms with van der Waals surface area (Å²) in [7, 11) is 0.533. The summed E-state index contributed by atoms with van der Waals surface area (Å²) in [5.74, 6) is -2.26. The normalized spacial score (nSPS) is 11.6. The number of rotatable bonds is 1. The first kappa shape index (κ1) is 9.34. The summed E-state index contributed by atoms with van der Waals surface area (Å²) in [5, 5.41) is -0.967. The van der Waals surface area contributed by atoms with Gasteiger partial charge in [-0.05, 0) is 0 Å². The first-order valence-electron chi connectivity index (χ1n) is 2.67. The minimum absolute atomic E-state index is 0.391. The SMILES string of the molecule is O=S(=O)(Cl)c1ncc(F)cc1F. The van der Waals surface area contributed by atoms with E-state index in [0.717, 1.165) is 0 Å². The molecule has 0 bridgehead atoms. The van der Waals surface area contributed by atoms with Crippen LogP contribution < -0.4 is 0 Å². The summed E-state index contributed by atoms with van der Waals surface area (Å²) in [5.41, 5.74) is 0. The van der Waals surface area contributed by atoms with Crippen LogP contribution in [0.4, 0.5) is 8.78 Å². The molecule has 3 nitrogen and oxygen atoms in total. The number of hydrogen-bond acceptors (Lipinski definition) is 3. The largest absolute Gasteiger partial charge is 0.281 e. The second-order valence-corrected chi connectivity index (χ2v) is 4.36. The number of hydrogen-bond donors (Lipinski definition) is 0. The van der Waals surface area contributed by atoms with Crippen LogP contribution in [0.2, 0.25) is 0 Å². The lowest BCUT2D eigenvalue weighted by atomic mass is 10.5. The maximum Gasteiger partial charge on any atom is 0.281 e. The van der Waals surface area contributed by atoms with Crippen molar-refractivity contribution < 1.29 is 17.2 Å². The standard InChI is InChI=1S/C5H2ClF2NO2S/c6-12(10,11)5-4(8)1-3(7)2-9-5/h1-2H. The van der Waals surface area contributed by atoms with Crippen LogP contribution in [0.3, 0.4) is 0 Å². The summed E-state index contributed by atoms with van der Waals surface area (Å²) in [4.78, 5) is 2.98. The third kappa shape index (κ3) is 1.89. The van der Waals surface area contributed by atoms with Gasteiger partial charge in [-0.1, -0.05) is 0 Å². The Bertz CT molecular complexity index is 406. The molecule has 1 aromatic heterocycles. The molecule has 0 atom stereocenters. The molecule has 0 radical (unpaired) electrons. The van der Waals surface area contributed by atoms with Gasteiger partial charge in [-0.25, -0.2) is 22.2 Å². The van der Waals surface area contributed by atoms with Crippen molar-refractivity contribution in [2.45, 2.75) is 5.03 Å². The van der Waals surface area contributed by atoms with Crippen molar-refractivity contribution >= 4 is 19.7 Å². The Morgan fingerprint density at radius 2 is 2.00 bits per heavy atom. The summed E-state index contributed by atoms with van der Waals surface area (Å²) < 4.78 is 45.8. The molecule has 0 aliphatic carbocycles. The molecular formula is C5H2ClF2NO2S. The van der Waals surface area contributed by atoms with Gasteiger partial charge < -0.3 is 0 Å². The fourth-order valence-electron chi connectivity index (χ4n) is 0.581. The van der Waals surface area contributed by atoms with Gasteiger partial charge >= 0.3 is 0 Å². The Kier molecular flexibility index (Phi) is 2.29. The highest BCUT2D eigenvalue weighted by atomic mass is 35.7. The minimum atomic E-state index is -4.23. The maximum atomic E-state index is 12.6. The lowest BCUT2D eigenvalue weighted by Gasteiger charge is -1.95. The van der Waals surface area contributed by atoms with Gasteiger partial charge in [0.2, 0.25) is 5.03 Å². The van der Waals surface area contributed by atoms with E-state index in [1.54, 1.807) is 0 Å². The lowest BCUT2D eigenvalue weighted by Crippen LogP contribution is -1.99. The zero-order chi connectivity index (χ0) is 9.35. The van der Waals surface area contributed by atoms with Crippen LogP contribution in [0.5, 0.6) is 0 Å². The van der Waals surface area contributed by atoms with E-state index in [-0.39, 0.29) is 0 Å². The van der Waals surface area contributed by atoms with Gasteiger partial charge in [0.25, 0.3) is 9.05 Å². The van der Waals surface area contributed by atoms with Crippen LogP contribution in [0.15, 0.2) is 17.3 Å². The Balaban J connectivity index is 3.39. The number of halogens is 3. The van der Waals surface area contributed by atoms with E-state index in [9.17, 15) is 17.2 Å². The van der Waals surface area contributed by atoms with Crippen LogP contribution in [0.25, 0.3) is 0 Å². The molecule has 1 heterocycles. The van der Waals surface area contributed by atoms with Crippen molar-refractivity contribution in [3.63, 3.8) is 0 Å². The molecule has 0 saturated carbocycles. The molecule has 0 aliphatic rings. The van der Waals surface area contributed by atoms with Crippen molar-refractivity contribution in [1.29, 1.82) is 0 Å². The van der Waals surface area contributed by atoms with Crippen molar-refractivity contribution in [2.75, 3.05) is 0 Å². The molecule has 0 aromatic carbocycles. The zero-order valence-corrected chi connectivity index (χ0v) is 7.03. The molecule has 0 aliphatic heterocycles. The monoisotopic (exact) mass is 213 g/mol. The molecule has 0 amide bonds. The van der Waals surface area contributed by atoms with Gasteiger partial charge in [-0.3, -0.25) is 0 Å².